The second kappa shape index (κ2) is 3.96. The normalized spacial score (nSPS) is 17.6. The van der Waals surface area contributed by atoms with E-state index in [0.29, 0.717) is 12.8 Å². The zero-order valence-electron chi connectivity index (χ0n) is 9.22. The summed E-state index contributed by atoms with van der Waals surface area (Å²) in [6.45, 7) is 0. The number of hydrogen-bond donors (Lipinski definition) is 1. The molecule has 0 amide bonds. The zero-order valence-corrected chi connectivity index (χ0v) is 9.22. The van der Waals surface area contributed by atoms with Crippen LogP contribution in [0, 0.1) is 5.82 Å². The van der Waals surface area contributed by atoms with Gasteiger partial charge in [-0.05, 0) is 24.5 Å². The van der Waals surface area contributed by atoms with Crippen LogP contribution in [-0.2, 0) is 16.6 Å². The van der Waals surface area contributed by atoms with Crippen molar-refractivity contribution in [2.45, 2.75) is 30.9 Å². The van der Waals surface area contributed by atoms with Crippen LogP contribution in [0.4, 0.5) is 17.6 Å². The summed E-state index contributed by atoms with van der Waals surface area (Å²) in [6.07, 6.45) is -4.99. The SMILES string of the molecule is O=C(O)C1(c2ccc(CC(F)(F)F)cc2F)CC1. The average molecular weight is 262 g/mol. The van der Waals surface area contributed by atoms with Crippen LogP contribution in [0.1, 0.15) is 24.0 Å². The van der Waals surface area contributed by atoms with Crippen molar-refractivity contribution in [3.63, 3.8) is 0 Å². The quantitative estimate of drug-likeness (QED) is 0.850. The fourth-order valence-electron chi connectivity index (χ4n) is 2.01. The highest BCUT2D eigenvalue weighted by atomic mass is 19.4. The molecule has 0 bridgehead atoms. The Bertz CT molecular complexity index is 489. The van der Waals surface area contributed by atoms with Gasteiger partial charge in [-0.1, -0.05) is 12.1 Å². The lowest BCUT2D eigenvalue weighted by Crippen LogP contribution is -2.21. The van der Waals surface area contributed by atoms with Crippen LogP contribution in [0.5, 0.6) is 0 Å². The predicted molar refractivity (Wildman–Crippen MR) is 54.7 cm³/mol. The molecule has 1 aromatic carbocycles. The van der Waals surface area contributed by atoms with Gasteiger partial charge >= 0.3 is 12.1 Å². The van der Waals surface area contributed by atoms with Gasteiger partial charge in [0.25, 0.3) is 0 Å². The molecule has 0 aromatic heterocycles. The summed E-state index contributed by atoms with van der Waals surface area (Å²) in [5.41, 5.74) is -1.47. The second-order valence-corrected chi connectivity index (χ2v) is 4.49. The Labute approximate surface area is 100 Å². The Balaban J connectivity index is 2.29. The van der Waals surface area contributed by atoms with Crippen molar-refractivity contribution in [2.24, 2.45) is 0 Å². The van der Waals surface area contributed by atoms with Crippen molar-refractivity contribution in [1.29, 1.82) is 0 Å². The molecule has 0 radical (unpaired) electrons. The molecule has 18 heavy (non-hydrogen) atoms. The summed E-state index contributed by atoms with van der Waals surface area (Å²) in [7, 11) is 0. The van der Waals surface area contributed by atoms with Crippen LogP contribution < -0.4 is 0 Å². The number of rotatable bonds is 3. The summed E-state index contributed by atoms with van der Waals surface area (Å²) in [5, 5.41) is 8.99. The third-order valence-electron chi connectivity index (χ3n) is 3.11. The number of benzene rings is 1. The lowest BCUT2D eigenvalue weighted by Gasteiger charge is -2.13. The first-order valence-corrected chi connectivity index (χ1v) is 5.34. The zero-order chi connectivity index (χ0) is 13.6. The standard InChI is InChI=1S/C12H10F4O2/c13-9-5-7(6-12(14,15)16)1-2-8(9)11(3-4-11)10(17)18/h1-2,5H,3-4,6H2,(H,17,18). The molecule has 0 heterocycles. The van der Waals surface area contributed by atoms with E-state index in [1.165, 1.54) is 0 Å². The van der Waals surface area contributed by atoms with Gasteiger partial charge in [0.1, 0.15) is 5.82 Å². The summed E-state index contributed by atoms with van der Waals surface area (Å²) in [4.78, 5) is 11.0. The van der Waals surface area contributed by atoms with E-state index in [0.717, 1.165) is 18.2 Å². The van der Waals surface area contributed by atoms with E-state index in [1.54, 1.807) is 0 Å². The molecule has 0 saturated heterocycles. The van der Waals surface area contributed by atoms with E-state index in [9.17, 15) is 22.4 Å². The van der Waals surface area contributed by atoms with Gasteiger partial charge in [-0.2, -0.15) is 13.2 Å². The lowest BCUT2D eigenvalue weighted by atomic mass is 9.94. The molecule has 0 atom stereocenters. The van der Waals surface area contributed by atoms with E-state index in [-0.39, 0.29) is 11.1 Å². The molecule has 0 aliphatic heterocycles. The highest BCUT2D eigenvalue weighted by molar-refractivity contribution is 5.85. The molecule has 6 heteroatoms. The van der Waals surface area contributed by atoms with Gasteiger partial charge in [0, 0.05) is 5.56 Å². The van der Waals surface area contributed by atoms with E-state index in [1.807, 2.05) is 0 Å². The van der Waals surface area contributed by atoms with Gasteiger partial charge in [0.15, 0.2) is 0 Å². The Morgan fingerprint density at radius 2 is 1.94 bits per heavy atom. The van der Waals surface area contributed by atoms with E-state index in [2.05, 4.69) is 0 Å². The van der Waals surface area contributed by atoms with Crippen LogP contribution in [0.15, 0.2) is 18.2 Å². The maximum absolute atomic E-state index is 13.7. The van der Waals surface area contributed by atoms with Crippen molar-refractivity contribution < 1.29 is 27.5 Å². The first-order chi connectivity index (χ1) is 8.24. The average Bonchev–Trinajstić information content (AvgIpc) is 2.95. The summed E-state index contributed by atoms with van der Waals surface area (Å²) in [6, 6.07) is 3.05. The smallest absolute Gasteiger partial charge is 0.393 e. The maximum Gasteiger partial charge on any atom is 0.393 e. The second-order valence-electron chi connectivity index (χ2n) is 4.49. The summed E-state index contributed by atoms with van der Waals surface area (Å²) < 4.78 is 50.1. The molecule has 1 fully saturated rings. The molecular formula is C12H10F4O2. The molecule has 0 unspecified atom stereocenters. The van der Waals surface area contributed by atoms with Gasteiger partial charge < -0.3 is 5.11 Å². The number of carboxylic acids is 1. The molecule has 2 nitrogen and oxygen atoms in total. The number of carboxylic acid groups (broad SMARTS) is 1. The Kier molecular flexibility index (Phi) is 2.83. The van der Waals surface area contributed by atoms with Crippen LogP contribution in [0.25, 0.3) is 0 Å². The van der Waals surface area contributed by atoms with Crippen LogP contribution >= 0.6 is 0 Å². The largest absolute Gasteiger partial charge is 0.481 e. The minimum Gasteiger partial charge on any atom is -0.481 e. The molecule has 1 aliphatic rings. The van der Waals surface area contributed by atoms with E-state index >= 15 is 0 Å². The van der Waals surface area contributed by atoms with E-state index < -0.39 is 29.8 Å². The molecule has 1 N–H and O–H groups in total. The third-order valence-corrected chi connectivity index (χ3v) is 3.11. The fourth-order valence-corrected chi connectivity index (χ4v) is 2.01. The Morgan fingerprint density at radius 3 is 2.33 bits per heavy atom. The molecule has 1 saturated carbocycles. The highest BCUT2D eigenvalue weighted by Gasteiger charge is 2.53. The topological polar surface area (TPSA) is 37.3 Å². The Morgan fingerprint density at radius 1 is 1.33 bits per heavy atom. The van der Waals surface area contributed by atoms with Crippen LogP contribution in [0.3, 0.4) is 0 Å². The van der Waals surface area contributed by atoms with Gasteiger partial charge in [0.05, 0.1) is 11.8 Å². The van der Waals surface area contributed by atoms with Gasteiger partial charge in [-0.3, -0.25) is 4.79 Å². The van der Waals surface area contributed by atoms with Crippen molar-refractivity contribution in [3.8, 4) is 0 Å². The van der Waals surface area contributed by atoms with Crippen molar-refractivity contribution in [2.75, 3.05) is 0 Å². The van der Waals surface area contributed by atoms with Crippen LogP contribution in [0.2, 0.25) is 0 Å². The van der Waals surface area contributed by atoms with Crippen molar-refractivity contribution in [3.05, 3.63) is 35.1 Å². The number of halogens is 4. The molecule has 2 rings (SSSR count). The fraction of sp³-hybridized carbons (Fsp3) is 0.417. The molecule has 98 valence electrons. The predicted octanol–water partition coefficient (Wildman–Crippen LogP) is 3.05. The molecular weight excluding hydrogens is 252 g/mol. The Hall–Kier alpha value is -1.59. The monoisotopic (exact) mass is 262 g/mol. The van der Waals surface area contributed by atoms with Crippen LogP contribution in [-0.4, -0.2) is 17.3 Å². The summed E-state index contributed by atoms with van der Waals surface area (Å²) in [5.74, 6) is -2.01. The minimum atomic E-state index is -4.40. The van der Waals surface area contributed by atoms with Crippen molar-refractivity contribution in [1.82, 2.24) is 0 Å². The highest BCUT2D eigenvalue weighted by Crippen LogP contribution is 2.49. The molecule has 1 aromatic rings. The minimum absolute atomic E-state index is 0.0269. The lowest BCUT2D eigenvalue weighted by molar-refractivity contribution is -0.140. The number of carbonyl (C=O) groups is 1. The number of aliphatic carboxylic acids is 1. The molecule has 1 aliphatic carbocycles. The number of alkyl halides is 3. The first-order valence-electron chi connectivity index (χ1n) is 5.34. The third kappa shape index (κ3) is 2.32. The molecule has 0 spiro atoms. The first kappa shape index (κ1) is 12.9. The van der Waals surface area contributed by atoms with Gasteiger partial charge in [-0.25, -0.2) is 4.39 Å². The number of hydrogen-bond acceptors (Lipinski definition) is 1. The van der Waals surface area contributed by atoms with Gasteiger partial charge in [0.2, 0.25) is 0 Å². The summed E-state index contributed by atoms with van der Waals surface area (Å²) >= 11 is 0. The maximum atomic E-state index is 13.7. The van der Waals surface area contributed by atoms with E-state index in [4.69, 9.17) is 5.11 Å². The van der Waals surface area contributed by atoms with Gasteiger partial charge in [-0.15, -0.1) is 0 Å². The van der Waals surface area contributed by atoms with Crippen molar-refractivity contribution >= 4 is 5.97 Å².